The predicted octanol–water partition coefficient (Wildman–Crippen LogP) is 4.79. The highest BCUT2D eigenvalue weighted by Gasteiger charge is 2.24. The van der Waals surface area contributed by atoms with Crippen LogP contribution >= 0.6 is 0 Å². The molecule has 0 amide bonds. The Morgan fingerprint density at radius 2 is 1.86 bits per heavy atom. The van der Waals surface area contributed by atoms with E-state index >= 15 is 0 Å². The summed E-state index contributed by atoms with van der Waals surface area (Å²) in [4.78, 5) is 2.09. The predicted molar refractivity (Wildman–Crippen MR) is 138 cm³/mol. The van der Waals surface area contributed by atoms with E-state index in [1.54, 1.807) is 10.9 Å². The van der Waals surface area contributed by atoms with Crippen LogP contribution in [-0.2, 0) is 24.9 Å². The second-order valence-electron chi connectivity index (χ2n) is 8.66. The SMILES string of the molecule is C#CCOC[C@H](O)CN(Cc1ccco1)Cc1c(-c2ccccc2)nn(C)c1Oc1ccc(C)cc1. The minimum absolute atomic E-state index is 0.143. The van der Waals surface area contributed by atoms with E-state index in [1.807, 2.05) is 80.7 Å². The Bertz CT molecular complexity index is 1260. The van der Waals surface area contributed by atoms with Crippen molar-refractivity contribution in [3.05, 3.63) is 89.9 Å². The fraction of sp³-hybridized carbons (Fsp3) is 0.276. The molecule has 2 aromatic heterocycles. The zero-order valence-electron chi connectivity index (χ0n) is 20.6. The van der Waals surface area contributed by atoms with Crippen molar-refractivity contribution in [3.8, 4) is 35.2 Å². The van der Waals surface area contributed by atoms with Gasteiger partial charge in [-0.05, 0) is 31.2 Å². The standard InChI is InChI=1S/C29H31N3O4/c1-4-16-34-21-24(33)18-32(19-26-11-8-17-35-26)20-27-28(23-9-6-5-7-10-23)30-31(3)29(27)36-25-14-12-22(2)13-15-25/h1,5-15,17,24,33H,16,18-21H2,2-3H3/t24-/m1/s1. The summed E-state index contributed by atoms with van der Waals surface area (Å²) in [5, 5.41) is 15.5. The summed E-state index contributed by atoms with van der Waals surface area (Å²) < 4.78 is 19.1. The van der Waals surface area contributed by atoms with Crippen molar-refractivity contribution in [3.63, 3.8) is 0 Å². The number of furan rings is 1. The Morgan fingerprint density at radius 1 is 1.08 bits per heavy atom. The van der Waals surface area contributed by atoms with Gasteiger partial charge in [-0.3, -0.25) is 4.90 Å². The summed E-state index contributed by atoms with van der Waals surface area (Å²) in [7, 11) is 1.87. The van der Waals surface area contributed by atoms with Crippen molar-refractivity contribution < 1.29 is 19.0 Å². The second kappa shape index (κ2) is 12.2. The topological polar surface area (TPSA) is 72.9 Å². The van der Waals surface area contributed by atoms with Gasteiger partial charge in [-0.25, -0.2) is 4.68 Å². The number of benzene rings is 2. The third kappa shape index (κ3) is 6.64. The highest BCUT2D eigenvalue weighted by atomic mass is 16.5. The van der Waals surface area contributed by atoms with E-state index in [-0.39, 0.29) is 13.2 Å². The zero-order chi connectivity index (χ0) is 25.3. The summed E-state index contributed by atoms with van der Waals surface area (Å²) in [5.74, 6) is 4.58. The first kappa shape index (κ1) is 25.3. The number of nitrogens with zero attached hydrogens (tertiary/aromatic N) is 3. The van der Waals surface area contributed by atoms with Crippen LogP contribution < -0.4 is 4.74 Å². The zero-order valence-corrected chi connectivity index (χ0v) is 20.6. The maximum atomic E-state index is 10.7. The first-order chi connectivity index (χ1) is 17.5. The summed E-state index contributed by atoms with van der Waals surface area (Å²) in [6, 6.07) is 21.7. The van der Waals surface area contributed by atoms with Gasteiger partial charge in [0.2, 0.25) is 5.88 Å². The van der Waals surface area contributed by atoms with Gasteiger partial charge in [-0.2, -0.15) is 5.10 Å². The lowest BCUT2D eigenvalue weighted by Gasteiger charge is -2.24. The Labute approximate surface area is 211 Å². The second-order valence-corrected chi connectivity index (χ2v) is 8.66. The van der Waals surface area contributed by atoms with Gasteiger partial charge in [-0.15, -0.1) is 6.42 Å². The van der Waals surface area contributed by atoms with Gasteiger partial charge in [0.25, 0.3) is 0 Å². The first-order valence-electron chi connectivity index (χ1n) is 11.8. The van der Waals surface area contributed by atoms with Crippen molar-refractivity contribution in [2.24, 2.45) is 7.05 Å². The molecule has 0 aliphatic carbocycles. The molecule has 0 bridgehead atoms. The molecule has 0 unspecified atom stereocenters. The molecule has 0 spiro atoms. The van der Waals surface area contributed by atoms with Crippen LogP contribution in [-0.4, -0.2) is 45.6 Å². The highest BCUT2D eigenvalue weighted by molar-refractivity contribution is 5.65. The summed E-state index contributed by atoms with van der Waals surface area (Å²) >= 11 is 0. The molecule has 0 fully saturated rings. The molecule has 0 saturated heterocycles. The van der Waals surface area contributed by atoms with Crippen LogP contribution in [0.25, 0.3) is 11.3 Å². The molecule has 1 atom stereocenters. The lowest BCUT2D eigenvalue weighted by atomic mass is 10.1. The Morgan fingerprint density at radius 3 is 2.56 bits per heavy atom. The largest absolute Gasteiger partial charge is 0.468 e. The number of aryl methyl sites for hydroxylation is 2. The van der Waals surface area contributed by atoms with Crippen molar-refractivity contribution in [1.82, 2.24) is 14.7 Å². The van der Waals surface area contributed by atoms with Gasteiger partial charge >= 0.3 is 0 Å². The Hall–Kier alpha value is -3.83. The van der Waals surface area contributed by atoms with Gasteiger partial charge in [0, 0.05) is 25.7 Å². The Balaban J connectivity index is 1.67. The number of aromatic nitrogens is 2. The molecule has 0 aliphatic heterocycles. The molecule has 4 aromatic rings. The van der Waals surface area contributed by atoms with Crippen LogP contribution in [0, 0.1) is 19.3 Å². The van der Waals surface area contributed by atoms with E-state index in [0.29, 0.717) is 25.5 Å². The Kier molecular flexibility index (Phi) is 8.58. The molecule has 186 valence electrons. The van der Waals surface area contributed by atoms with Crippen LogP contribution in [0.1, 0.15) is 16.9 Å². The average molecular weight is 486 g/mol. The number of hydrogen-bond acceptors (Lipinski definition) is 6. The fourth-order valence-electron chi connectivity index (χ4n) is 4.00. The van der Waals surface area contributed by atoms with Crippen LogP contribution in [0.5, 0.6) is 11.6 Å². The molecule has 7 nitrogen and oxygen atoms in total. The van der Waals surface area contributed by atoms with Gasteiger partial charge in [-0.1, -0.05) is 53.9 Å². The highest BCUT2D eigenvalue weighted by Crippen LogP contribution is 2.34. The van der Waals surface area contributed by atoms with Gasteiger partial charge < -0.3 is 19.0 Å². The van der Waals surface area contributed by atoms with E-state index in [4.69, 9.17) is 25.4 Å². The van der Waals surface area contributed by atoms with Crippen LogP contribution in [0.2, 0.25) is 0 Å². The maximum Gasteiger partial charge on any atom is 0.222 e. The van der Waals surface area contributed by atoms with Crippen LogP contribution in [0.3, 0.4) is 0 Å². The molecule has 1 N–H and O–H groups in total. The molecule has 7 heteroatoms. The minimum atomic E-state index is -0.730. The number of terminal acetylenes is 1. The molecule has 2 aromatic carbocycles. The minimum Gasteiger partial charge on any atom is -0.468 e. The number of ether oxygens (including phenoxy) is 2. The lowest BCUT2D eigenvalue weighted by molar-refractivity contribution is 0.0229. The van der Waals surface area contributed by atoms with Crippen LogP contribution in [0.15, 0.2) is 77.4 Å². The van der Waals surface area contributed by atoms with Crippen molar-refractivity contribution >= 4 is 0 Å². The fourth-order valence-corrected chi connectivity index (χ4v) is 4.00. The van der Waals surface area contributed by atoms with Crippen LogP contribution in [0.4, 0.5) is 0 Å². The van der Waals surface area contributed by atoms with E-state index < -0.39 is 6.10 Å². The van der Waals surface area contributed by atoms with Gasteiger partial charge in [0.05, 0.1) is 31.1 Å². The smallest absolute Gasteiger partial charge is 0.222 e. The number of hydrogen-bond donors (Lipinski definition) is 1. The van der Waals surface area contributed by atoms with E-state index in [2.05, 4.69) is 10.8 Å². The summed E-state index contributed by atoms with van der Waals surface area (Å²) in [6.45, 7) is 3.64. The third-order valence-electron chi connectivity index (χ3n) is 5.68. The molecule has 4 rings (SSSR count). The van der Waals surface area contributed by atoms with Gasteiger partial charge in [0.15, 0.2) is 0 Å². The van der Waals surface area contributed by atoms with E-state index in [9.17, 15) is 5.11 Å². The molecule has 36 heavy (non-hydrogen) atoms. The van der Waals surface area contributed by atoms with Crippen molar-refractivity contribution in [2.75, 3.05) is 19.8 Å². The van der Waals surface area contributed by atoms with E-state index in [1.165, 1.54) is 0 Å². The monoisotopic (exact) mass is 485 g/mol. The first-order valence-corrected chi connectivity index (χ1v) is 11.8. The third-order valence-corrected chi connectivity index (χ3v) is 5.68. The quantitative estimate of drug-likeness (QED) is 0.230. The number of aliphatic hydroxyl groups is 1. The molecule has 0 saturated carbocycles. The van der Waals surface area contributed by atoms with Gasteiger partial charge in [0.1, 0.15) is 23.8 Å². The van der Waals surface area contributed by atoms with Crippen molar-refractivity contribution in [2.45, 2.75) is 26.1 Å². The molecule has 0 radical (unpaired) electrons. The van der Waals surface area contributed by atoms with Crippen molar-refractivity contribution in [1.29, 1.82) is 0 Å². The van der Waals surface area contributed by atoms with E-state index in [0.717, 1.165) is 33.9 Å². The molecular weight excluding hydrogens is 454 g/mol. The number of rotatable bonds is 12. The molecule has 2 heterocycles. The lowest BCUT2D eigenvalue weighted by Crippen LogP contribution is -2.34. The summed E-state index contributed by atoms with van der Waals surface area (Å²) in [5.41, 5.74) is 3.87. The maximum absolute atomic E-state index is 10.7. The number of aliphatic hydroxyl groups excluding tert-OH is 1. The average Bonchev–Trinajstić information content (AvgIpc) is 3.49. The molecule has 0 aliphatic rings. The molecular formula is C29H31N3O4. The normalized spacial score (nSPS) is 12.0. The summed E-state index contributed by atoms with van der Waals surface area (Å²) in [6.07, 6.45) is 6.18.